The van der Waals surface area contributed by atoms with Gasteiger partial charge in [-0.1, -0.05) is 30.0 Å². The van der Waals surface area contributed by atoms with Crippen molar-refractivity contribution in [3.8, 4) is 11.1 Å². The predicted molar refractivity (Wildman–Crippen MR) is 128 cm³/mol. The van der Waals surface area contributed by atoms with E-state index < -0.39 is 30.1 Å². The summed E-state index contributed by atoms with van der Waals surface area (Å²) in [4.78, 5) is 23.8. The second-order valence-electron chi connectivity index (χ2n) is 8.54. The molecule has 0 radical (unpaired) electrons. The number of carboxylic acid groups (broad SMARTS) is 1. The lowest BCUT2D eigenvalue weighted by molar-refractivity contribution is -0.141. The van der Waals surface area contributed by atoms with E-state index in [-0.39, 0.29) is 17.3 Å². The van der Waals surface area contributed by atoms with E-state index in [4.69, 9.17) is 5.11 Å². The van der Waals surface area contributed by atoms with Crippen molar-refractivity contribution in [1.82, 2.24) is 19.5 Å². The van der Waals surface area contributed by atoms with E-state index in [0.717, 1.165) is 11.6 Å². The Morgan fingerprint density at radius 1 is 1.14 bits per heavy atom. The summed E-state index contributed by atoms with van der Waals surface area (Å²) in [6.07, 6.45) is -1.44. The summed E-state index contributed by atoms with van der Waals surface area (Å²) in [5.41, 5.74) is 2.58. The van der Waals surface area contributed by atoms with E-state index in [0.29, 0.717) is 33.1 Å². The number of thioether (sulfide) groups is 1. The average Bonchev–Trinajstić information content (AvgIpc) is 3.17. The Morgan fingerprint density at radius 2 is 1.89 bits per heavy atom. The van der Waals surface area contributed by atoms with Crippen molar-refractivity contribution in [3.63, 3.8) is 0 Å². The van der Waals surface area contributed by atoms with E-state index >= 15 is 0 Å². The highest BCUT2D eigenvalue weighted by molar-refractivity contribution is 7.98. The second kappa shape index (κ2) is 9.88. The summed E-state index contributed by atoms with van der Waals surface area (Å²) in [5.74, 6) is -1.33. The lowest BCUT2D eigenvalue weighted by Crippen LogP contribution is -2.08. The van der Waals surface area contributed by atoms with Gasteiger partial charge in [0.1, 0.15) is 17.0 Å². The number of alkyl halides is 3. The van der Waals surface area contributed by atoms with Crippen LogP contribution in [0.25, 0.3) is 22.2 Å². The number of carbonyl (C=O) groups is 1. The van der Waals surface area contributed by atoms with Crippen LogP contribution in [0.1, 0.15) is 42.4 Å². The molecular formula is C25H22F4N4O2S. The van der Waals surface area contributed by atoms with Gasteiger partial charge in [0.15, 0.2) is 5.16 Å². The number of carboxylic acids is 1. The van der Waals surface area contributed by atoms with Crippen molar-refractivity contribution in [2.45, 2.75) is 50.3 Å². The molecule has 188 valence electrons. The molecule has 36 heavy (non-hydrogen) atoms. The SMILES string of the molecule is Cc1nc(C(F)(F)F)ccc1-c1cn(C(C)C)c2cnc(SCc3ccc(F)c(CC(=O)O)c3)nc12. The van der Waals surface area contributed by atoms with Gasteiger partial charge in [-0.15, -0.1) is 0 Å². The highest BCUT2D eigenvalue weighted by Gasteiger charge is 2.33. The van der Waals surface area contributed by atoms with Crippen molar-refractivity contribution in [1.29, 1.82) is 0 Å². The number of halogens is 4. The number of hydrogen-bond donors (Lipinski definition) is 1. The lowest BCUT2D eigenvalue weighted by atomic mass is 10.1. The first-order chi connectivity index (χ1) is 16.9. The molecule has 0 aliphatic heterocycles. The number of aromatic nitrogens is 4. The van der Waals surface area contributed by atoms with Gasteiger partial charge >= 0.3 is 12.1 Å². The van der Waals surface area contributed by atoms with Gasteiger partial charge in [-0.25, -0.2) is 19.3 Å². The van der Waals surface area contributed by atoms with Crippen LogP contribution in [0.2, 0.25) is 0 Å². The smallest absolute Gasteiger partial charge is 0.433 e. The minimum atomic E-state index is -4.54. The topological polar surface area (TPSA) is 80.9 Å². The number of aryl methyl sites for hydroxylation is 1. The van der Waals surface area contributed by atoms with E-state index in [1.165, 1.54) is 36.9 Å². The molecular weight excluding hydrogens is 496 g/mol. The van der Waals surface area contributed by atoms with Crippen molar-refractivity contribution in [3.05, 3.63) is 71.1 Å². The van der Waals surface area contributed by atoms with Crippen LogP contribution in [0.5, 0.6) is 0 Å². The lowest BCUT2D eigenvalue weighted by Gasteiger charge is -2.09. The third kappa shape index (κ3) is 5.35. The average molecular weight is 519 g/mol. The normalized spacial score (nSPS) is 12.0. The van der Waals surface area contributed by atoms with E-state index in [1.807, 2.05) is 24.6 Å². The first-order valence-corrected chi connectivity index (χ1v) is 12.0. The maximum atomic E-state index is 13.9. The van der Waals surface area contributed by atoms with Gasteiger partial charge < -0.3 is 9.67 Å². The summed E-state index contributed by atoms with van der Waals surface area (Å²) in [5, 5.41) is 9.40. The Labute approximate surface area is 208 Å². The number of rotatable bonds is 7. The number of nitrogens with zero attached hydrogens (tertiary/aromatic N) is 4. The molecule has 1 aromatic carbocycles. The molecule has 1 N–H and O–H groups in total. The van der Waals surface area contributed by atoms with Gasteiger partial charge in [0.05, 0.1) is 18.1 Å². The number of hydrogen-bond acceptors (Lipinski definition) is 5. The van der Waals surface area contributed by atoms with E-state index in [9.17, 15) is 22.4 Å². The number of aliphatic carboxylic acids is 1. The van der Waals surface area contributed by atoms with E-state index in [2.05, 4.69) is 15.0 Å². The van der Waals surface area contributed by atoms with Gasteiger partial charge in [-0.3, -0.25) is 4.79 Å². The van der Waals surface area contributed by atoms with Crippen molar-refractivity contribution in [2.24, 2.45) is 0 Å². The van der Waals surface area contributed by atoms with Crippen LogP contribution < -0.4 is 0 Å². The monoisotopic (exact) mass is 518 g/mol. The zero-order chi connectivity index (χ0) is 26.2. The molecule has 0 amide bonds. The standard InChI is InChI=1S/C25H22F4N4O2S/c1-13(2)33-11-18(17-5-7-21(25(27,28)29)31-14(17)3)23-20(33)10-30-24(32-23)36-12-15-4-6-19(26)16(8-15)9-22(34)35/h4-8,10-11,13H,9,12H2,1-3H3,(H,34,35). The van der Waals surface area contributed by atoms with Gasteiger partial charge in [-0.05, 0) is 44.0 Å². The molecule has 0 spiro atoms. The fourth-order valence-corrected chi connectivity index (χ4v) is 4.64. The van der Waals surface area contributed by atoms with Crippen LogP contribution in [0, 0.1) is 12.7 Å². The Balaban J connectivity index is 1.70. The van der Waals surface area contributed by atoms with Crippen LogP contribution in [0.3, 0.4) is 0 Å². The van der Waals surface area contributed by atoms with Gasteiger partial charge in [-0.2, -0.15) is 13.2 Å². The molecule has 4 rings (SSSR count). The third-order valence-corrected chi connectivity index (χ3v) is 6.52. The second-order valence-corrected chi connectivity index (χ2v) is 9.48. The number of fused-ring (bicyclic) bond motifs is 1. The predicted octanol–water partition coefficient (Wildman–Crippen LogP) is 6.46. The molecule has 0 saturated heterocycles. The summed E-state index contributed by atoms with van der Waals surface area (Å²) in [6, 6.07) is 6.73. The molecule has 0 unspecified atom stereocenters. The van der Waals surface area contributed by atoms with Crippen LogP contribution in [0.15, 0.2) is 47.9 Å². The molecule has 6 nitrogen and oxygen atoms in total. The molecule has 0 fully saturated rings. The molecule has 4 aromatic rings. The van der Waals surface area contributed by atoms with Crippen LogP contribution in [-0.4, -0.2) is 30.6 Å². The molecule has 11 heteroatoms. The summed E-state index contributed by atoms with van der Waals surface area (Å²) in [7, 11) is 0. The molecule has 3 heterocycles. The quantitative estimate of drug-likeness (QED) is 0.172. The first-order valence-electron chi connectivity index (χ1n) is 11.0. The Morgan fingerprint density at radius 3 is 2.53 bits per heavy atom. The highest BCUT2D eigenvalue weighted by Crippen LogP contribution is 2.36. The number of pyridine rings is 1. The highest BCUT2D eigenvalue weighted by atomic mass is 32.2. The molecule has 0 aliphatic rings. The molecule has 0 atom stereocenters. The third-order valence-electron chi connectivity index (χ3n) is 5.59. The fraction of sp³-hybridized carbons (Fsp3) is 0.280. The maximum absolute atomic E-state index is 13.9. The van der Waals surface area contributed by atoms with Crippen LogP contribution >= 0.6 is 11.8 Å². The molecule has 0 saturated carbocycles. The maximum Gasteiger partial charge on any atom is 0.433 e. The molecule has 3 aromatic heterocycles. The Kier molecular flexibility index (Phi) is 7.03. The Bertz CT molecular complexity index is 1450. The van der Waals surface area contributed by atoms with Gasteiger partial charge in [0.25, 0.3) is 0 Å². The largest absolute Gasteiger partial charge is 0.481 e. The van der Waals surface area contributed by atoms with Crippen LogP contribution in [0.4, 0.5) is 17.6 Å². The number of benzene rings is 1. The minimum Gasteiger partial charge on any atom is -0.481 e. The zero-order valence-electron chi connectivity index (χ0n) is 19.6. The molecule has 0 aliphatic carbocycles. The first kappa shape index (κ1) is 25.6. The van der Waals surface area contributed by atoms with E-state index in [1.54, 1.807) is 12.3 Å². The van der Waals surface area contributed by atoms with Crippen LogP contribution in [-0.2, 0) is 23.1 Å². The van der Waals surface area contributed by atoms with Crippen molar-refractivity contribution in [2.75, 3.05) is 0 Å². The molecule has 0 bridgehead atoms. The van der Waals surface area contributed by atoms with Crippen molar-refractivity contribution >= 4 is 28.8 Å². The van der Waals surface area contributed by atoms with Gasteiger partial charge in [0, 0.05) is 34.8 Å². The fourth-order valence-electron chi connectivity index (χ4n) is 3.88. The zero-order valence-corrected chi connectivity index (χ0v) is 20.4. The summed E-state index contributed by atoms with van der Waals surface area (Å²) < 4.78 is 55.2. The Hall–Kier alpha value is -3.47. The summed E-state index contributed by atoms with van der Waals surface area (Å²) >= 11 is 1.29. The van der Waals surface area contributed by atoms with Crippen molar-refractivity contribution < 1.29 is 27.5 Å². The summed E-state index contributed by atoms with van der Waals surface area (Å²) in [6.45, 7) is 5.49. The van der Waals surface area contributed by atoms with Gasteiger partial charge in [0.2, 0.25) is 0 Å². The minimum absolute atomic E-state index is 0.0536.